The van der Waals surface area contributed by atoms with Gasteiger partial charge < -0.3 is 9.58 Å². The highest BCUT2D eigenvalue weighted by molar-refractivity contribution is 5.37. The zero-order chi connectivity index (χ0) is 12.8. The van der Waals surface area contributed by atoms with Gasteiger partial charge in [0.2, 0.25) is 6.04 Å². The predicted molar refractivity (Wildman–Crippen MR) is 72.2 cm³/mol. The molecule has 0 aliphatic carbocycles. The second-order valence-electron chi connectivity index (χ2n) is 4.12. The molecule has 2 rings (SSSR count). The van der Waals surface area contributed by atoms with Crippen molar-refractivity contribution in [3.05, 3.63) is 77.1 Å². The maximum Gasteiger partial charge on any atom is 0.249 e. The topological polar surface area (TPSA) is 13.6 Å². The Morgan fingerprint density at radius 2 is 1.72 bits per heavy atom. The minimum Gasteiger partial charge on any atom is -0.488 e. The number of hydrogen-bond donors (Lipinski definition) is 0. The first kappa shape index (κ1) is 12.2. The zero-order valence-electron chi connectivity index (χ0n) is 10.3. The van der Waals surface area contributed by atoms with Crippen LogP contribution in [0, 0.1) is 6.57 Å². The number of rotatable bonds is 4. The van der Waals surface area contributed by atoms with Gasteiger partial charge >= 0.3 is 0 Å². The smallest absolute Gasteiger partial charge is 0.249 e. The van der Waals surface area contributed by atoms with E-state index in [1.807, 2.05) is 61.5 Å². The van der Waals surface area contributed by atoms with Gasteiger partial charge in [-0.05, 0) is 17.7 Å². The Morgan fingerprint density at radius 1 is 1.06 bits per heavy atom. The van der Waals surface area contributed by atoms with Crippen LogP contribution in [0.2, 0.25) is 0 Å². The van der Waals surface area contributed by atoms with Crippen LogP contribution in [0.1, 0.15) is 24.1 Å². The van der Waals surface area contributed by atoms with Crippen LogP contribution in [0.4, 0.5) is 0 Å². The molecule has 0 amide bonds. The SMILES string of the molecule is [C-]#[N+][C@H](C)c1ccccc1OCc1ccccc1. The highest BCUT2D eigenvalue weighted by Gasteiger charge is 2.14. The Kier molecular flexibility index (Phi) is 3.98. The third kappa shape index (κ3) is 2.89. The van der Waals surface area contributed by atoms with Crippen molar-refractivity contribution in [3.8, 4) is 5.75 Å². The summed E-state index contributed by atoms with van der Waals surface area (Å²) in [6.07, 6.45) is 0. The third-order valence-corrected chi connectivity index (χ3v) is 2.80. The van der Waals surface area contributed by atoms with Gasteiger partial charge in [-0.1, -0.05) is 42.5 Å². The number of benzene rings is 2. The van der Waals surface area contributed by atoms with Gasteiger partial charge in [-0.3, -0.25) is 0 Å². The molecule has 0 spiro atoms. The van der Waals surface area contributed by atoms with Crippen LogP contribution in [0.5, 0.6) is 5.75 Å². The fourth-order valence-electron chi connectivity index (χ4n) is 1.76. The quantitative estimate of drug-likeness (QED) is 0.725. The van der Waals surface area contributed by atoms with Crippen LogP contribution >= 0.6 is 0 Å². The lowest BCUT2D eigenvalue weighted by Gasteiger charge is -2.10. The summed E-state index contributed by atoms with van der Waals surface area (Å²) >= 11 is 0. The Hall–Kier alpha value is -2.27. The summed E-state index contributed by atoms with van der Waals surface area (Å²) in [5, 5.41) is 0. The summed E-state index contributed by atoms with van der Waals surface area (Å²) in [7, 11) is 0. The van der Waals surface area contributed by atoms with Crippen molar-refractivity contribution in [2.75, 3.05) is 0 Å². The molecule has 18 heavy (non-hydrogen) atoms. The largest absolute Gasteiger partial charge is 0.488 e. The molecular weight excluding hydrogens is 222 g/mol. The summed E-state index contributed by atoms with van der Waals surface area (Å²) in [4.78, 5) is 3.54. The molecule has 0 fully saturated rings. The molecule has 2 aromatic carbocycles. The molecule has 0 bridgehead atoms. The minimum absolute atomic E-state index is 0.169. The van der Waals surface area contributed by atoms with Gasteiger partial charge in [0, 0.05) is 6.92 Å². The monoisotopic (exact) mass is 237 g/mol. The molecule has 0 heterocycles. The van der Waals surface area contributed by atoms with Crippen LogP contribution in [0.15, 0.2) is 54.6 Å². The molecule has 2 nitrogen and oxygen atoms in total. The lowest BCUT2D eigenvalue weighted by molar-refractivity contribution is 0.302. The highest BCUT2D eigenvalue weighted by Crippen LogP contribution is 2.27. The Balaban J connectivity index is 2.13. The van der Waals surface area contributed by atoms with Gasteiger partial charge in [0.25, 0.3) is 0 Å². The molecule has 0 N–H and O–H groups in total. The van der Waals surface area contributed by atoms with E-state index in [9.17, 15) is 0 Å². The van der Waals surface area contributed by atoms with Crippen molar-refractivity contribution < 1.29 is 4.74 Å². The Bertz CT molecular complexity index is 543. The fraction of sp³-hybridized carbons (Fsp3) is 0.188. The molecule has 2 aromatic rings. The molecule has 0 saturated carbocycles. The van der Waals surface area contributed by atoms with E-state index in [1.54, 1.807) is 0 Å². The van der Waals surface area contributed by atoms with E-state index in [-0.39, 0.29) is 6.04 Å². The molecule has 90 valence electrons. The van der Waals surface area contributed by atoms with Crippen LogP contribution < -0.4 is 4.74 Å². The van der Waals surface area contributed by atoms with Gasteiger partial charge in [-0.15, -0.1) is 0 Å². The van der Waals surface area contributed by atoms with Crippen LogP contribution in [0.25, 0.3) is 4.85 Å². The predicted octanol–water partition coefficient (Wildman–Crippen LogP) is 4.25. The van der Waals surface area contributed by atoms with E-state index >= 15 is 0 Å². The molecular formula is C16H15NO. The van der Waals surface area contributed by atoms with Crippen molar-refractivity contribution in [3.63, 3.8) is 0 Å². The lowest BCUT2D eigenvalue weighted by Crippen LogP contribution is -1.99. The van der Waals surface area contributed by atoms with Gasteiger partial charge in [-0.2, -0.15) is 0 Å². The summed E-state index contributed by atoms with van der Waals surface area (Å²) in [5.74, 6) is 0.796. The third-order valence-electron chi connectivity index (χ3n) is 2.80. The highest BCUT2D eigenvalue weighted by atomic mass is 16.5. The molecule has 1 atom stereocenters. The van der Waals surface area contributed by atoms with Crippen molar-refractivity contribution in [1.82, 2.24) is 0 Å². The number of para-hydroxylation sites is 1. The fourth-order valence-corrected chi connectivity index (χ4v) is 1.76. The zero-order valence-corrected chi connectivity index (χ0v) is 10.3. The van der Waals surface area contributed by atoms with Crippen LogP contribution in [-0.2, 0) is 6.61 Å². The first-order valence-electron chi connectivity index (χ1n) is 5.93. The van der Waals surface area contributed by atoms with Gasteiger partial charge in [-0.25, -0.2) is 6.57 Å². The van der Waals surface area contributed by atoms with E-state index in [1.165, 1.54) is 0 Å². The normalized spacial score (nSPS) is 11.6. The van der Waals surface area contributed by atoms with E-state index in [2.05, 4.69) is 4.85 Å². The second kappa shape index (κ2) is 5.88. The van der Waals surface area contributed by atoms with Gasteiger partial charge in [0.1, 0.15) is 12.4 Å². The molecule has 0 saturated heterocycles. The average Bonchev–Trinajstić information content (AvgIpc) is 2.45. The Morgan fingerprint density at radius 3 is 2.44 bits per heavy atom. The number of hydrogen-bond acceptors (Lipinski definition) is 1. The Labute approximate surface area is 108 Å². The number of nitrogens with zero attached hydrogens (tertiary/aromatic N) is 1. The standard InChI is InChI=1S/C16H15NO/c1-13(17-2)15-10-6-7-11-16(15)18-12-14-8-4-3-5-9-14/h3-11,13H,12H2,1H3/t13-/m1/s1. The molecule has 0 unspecified atom stereocenters. The van der Waals surface area contributed by atoms with E-state index in [0.717, 1.165) is 16.9 Å². The summed E-state index contributed by atoms with van der Waals surface area (Å²) < 4.78 is 5.80. The first-order chi connectivity index (χ1) is 8.81. The van der Waals surface area contributed by atoms with Crippen molar-refractivity contribution in [2.24, 2.45) is 0 Å². The van der Waals surface area contributed by atoms with Gasteiger partial charge in [0.05, 0.1) is 5.56 Å². The van der Waals surface area contributed by atoms with Crippen molar-refractivity contribution in [1.29, 1.82) is 0 Å². The van der Waals surface area contributed by atoms with Crippen LogP contribution in [-0.4, -0.2) is 0 Å². The van der Waals surface area contributed by atoms with E-state index < -0.39 is 0 Å². The minimum atomic E-state index is -0.169. The van der Waals surface area contributed by atoms with Crippen LogP contribution in [0.3, 0.4) is 0 Å². The molecule has 0 aliphatic rings. The average molecular weight is 237 g/mol. The van der Waals surface area contributed by atoms with Crippen molar-refractivity contribution in [2.45, 2.75) is 19.6 Å². The van der Waals surface area contributed by atoms with Gasteiger partial charge in [0.15, 0.2) is 0 Å². The molecule has 2 heteroatoms. The summed E-state index contributed by atoms with van der Waals surface area (Å²) in [6, 6.07) is 17.6. The number of ether oxygens (including phenoxy) is 1. The van der Waals surface area contributed by atoms with E-state index in [4.69, 9.17) is 11.3 Å². The molecule has 0 aliphatic heterocycles. The summed E-state index contributed by atoms with van der Waals surface area (Å²) in [5.41, 5.74) is 2.08. The van der Waals surface area contributed by atoms with E-state index in [0.29, 0.717) is 6.61 Å². The second-order valence-corrected chi connectivity index (χ2v) is 4.12. The summed E-state index contributed by atoms with van der Waals surface area (Å²) in [6.45, 7) is 9.53. The maximum absolute atomic E-state index is 7.11. The maximum atomic E-state index is 7.11. The lowest BCUT2D eigenvalue weighted by atomic mass is 10.1. The first-order valence-corrected chi connectivity index (χ1v) is 5.93. The molecule has 0 radical (unpaired) electrons. The molecule has 0 aromatic heterocycles. The van der Waals surface area contributed by atoms with Crippen molar-refractivity contribution >= 4 is 0 Å².